The zero-order valence-electron chi connectivity index (χ0n) is 11.0. The van der Waals surface area contributed by atoms with Crippen molar-refractivity contribution in [3.8, 4) is 5.75 Å². The fourth-order valence-corrected chi connectivity index (χ4v) is 3.89. The quantitative estimate of drug-likeness (QED) is 0.479. The first-order valence-corrected chi connectivity index (χ1v) is 8.38. The number of benzene rings is 2. The number of hydrogen-bond acceptors (Lipinski definition) is 4. The van der Waals surface area contributed by atoms with Crippen LogP contribution >= 0.6 is 23.1 Å². The third kappa shape index (κ3) is 3.52. The summed E-state index contributed by atoms with van der Waals surface area (Å²) in [7, 11) is 0. The van der Waals surface area contributed by atoms with Crippen molar-refractivity contribution < 1.29 is 4.74 Å². The van der Waals surface area contributed by atoms with Crippen molar-refractivity contribution in [3.63, 3.8) is 0 Å². The van der Waals surface area contributed by atoms with Crippen LogP contribution in [0.1, 0.15) is 6.42 Å². The van der Waals surface area contributed by atoms with Crippen molar-refractivity contribution in [1.29, 1.82) is 0 Å². The number of para-hydroxylation sites is 2. The molecule has 3 aromatic rings. The lowest BCUT2D eigenvalue weighted by atomic mass is 10.3. The van der Waals surface area contributed by atoms with Crippen LogP contribution in [-0.2, 0) is 0 Å². The monoisotopic (exact) mass is 301 g/mol. The van der Waals surface area contributed by atoms with Gasteiger partial charge in [0.2, 0.25) is 0 Å². The van der Waals surface area contributed by atoms with Crippen LogP contribution in [0.3, 0.4) is 0 Å². The lowest BCUT2D eigenvalue weighted by Crippen LogP contribution is -1.98. The summed E-state index contributed by atoms with van der Waals surface area (Å²) in [6.45, 7) is 0.752. The van der Waals surface area contributed by atoms with Crippen LogP contribution in [-0.4, -0.2) is 17.3 Å². The molecular formula is C16H15NOS2. The molecule has 0 N–H and O–H groups in total. The van der Waals surface area contributed by atoms with E-state index in [1.807, 2.05) is 48.2 Å². The molecule has 0 bridgehead atoms. The van der Waals surface area contributed by atoms with Gasteiger partial charge in [-0.3, -0.25) is 0 Å². The molecule has 2 nitrogen and oxygen atoms in total. The topological polar surface area (TPSA) is 22.1 Å². The Labute approximate surface area is 126 Å². The minimum atomic E-state index is 0.752. The van der Waals surface area contributed by atoms with Gasteiger partial charge in [-0.15, -0.1) is 11.3 Å². The average Bonchev–Trinajstić information content (AvgIpc) is 2.90. The molecule has 0 saturated carbocycles. The van der Waals surface area contributed by atoms with Crippen LogP contribution in [0, 0.1) is 0 Å². The van der Waals surface area contributed by atoms with Crippen molar-refractivity contribution in [1.82, 2.24) is 4.98 Å². The van der Waals surface area contributed by atoms with E-state index in [1.54, 1.807) is 11.3 Å². The van der Waals surface area contributed by atoms with E-state index in [0.29, 0.717) is 0 Å². The Morgan fingerprint density at radius 2 is 1.80 bits per heavy atom. The number of thiazole rings is 1. The minimum Gasteiger partial charge on any atom is -0.494 e. The first-order valence-electron chi connectivity index (χ1n) is 6.58. The van der Waals surface area contributed by atoms with Crippen molar-refractivity contribution >= 4 is 33.3 Å². The van der Waals surface area contributed by atoms with E-state index in [0.717, 1.165) is 34.4 Å². The summed E-state index contributed by atoms with van der Waals surface area (Å²) in [6.07, 6.45) is 1.02. The number of nitrogens with zero attached hydrogens (tertiary/aromatic N) is 1. The highest BCUT2D eigenvalue weighted by Gasteiger charge is 2.03. The highest BCUT2D eigenvalue weighted by Crippen LogP contribution is 2.29. The molecule has 0 atom stereocenters. The zero-order chi connectivity index (χ0) is 13.6. The van der Waals surface area contributed by atoms with E-state index in [9.17, 15) is 0 Å². The Hall–Kier alpha value is -1.52. The molecule has 0 radical (unpaired) electrons. The van der Waals surface area contributed by atoms with Crippen molar-refractivity contribution in [2.75, 3.05) is 12.4 Å². The molecule has 1 heterocycles. The molecule has 0 aliphatic rings. The Morgan fingerprint density at radius 1 is 1.00 bits per heavy atom. The smallest absolute Gasteiger partial charge is 0.151 e. The average molecular weight is 301 g/mol. The second kappa shape index (κ2) is 6.77. The Bertz CT molecular complexity index is 633. The van der Waals surface area contributed by atoms with Gasteiger partial charge in [0.05, 0.1) is 16.8 Å². The summed E-state index contributed by atoms with van der Waals surface area (Å²) in [6, 6.07) is 18.2. The van der Waals surface area contributed by atoms with Gasteiger partial charge >= 0.3 is 0 Å². The third-order valence-corrected chi connectivity index (χ3v) is 5.07. The number of hydrogen-bond donors (Lipinski definition) is 0. The molecule has 0 spiro atoms. The zero-order valence-corrected chi connectivity index (χ0v) is 12.6. The van der Waals surface area contributed by atoms with Gasteiger partial charge in [0.1, 0.15) is 5.75 Å². The molecule has 2 aromatic carbocycles. The van der Waals surface area contributed by atoms with E-state index < -0.39 is 0 Å². The molecule has 4 heteroatoms. The highest BCUT2D eigenvalue weighted by molar-refractivity contribution is 8.01. The predicted octanol–water partition coefficient (Wildman–Crippen LogP) is 4.86. The number of aromatic nitrogens is 1. The molecule has 0 aliphatic carbocycles. The summed E-state index contributed by atoms with van der Waals surface area (Å²) in [5.41, 5.74) is 1.10. The van der Waals surface area contributed by atoms with E-state index in [4.69, 9.17) is 4.74 Å². The van der Waals surface area contributed by atoms with Crippen LogP contribution in [0.15, 0.2) is 58.9 Å². The third-order valence-electron chi connectivity index (χ3n) is 2.80. The van der Waals surface area contributed by atoms with Crippen LogP contribution < -0.4 is 4.74 Å². The maximum atomic E-state index is 5.67. The van der Waals surface area contributed by atoms with Crippen molar-refractivity contribution in [2.24, 2.45) is 0 Å². The molecule has 0 fully saturated rings. The van der Waals surface area contributed by atoms with Gasteiger partial charge in [0.25, 0.3) is 0 Å². The first kappa shape index (κ1) is 13.5. The van der Waals surface area contributed by atoms with Gasteiger partial charge in [-0.25, -0.2) is 4.98 Å². The molecule has 0 aliphatic heterocycles. The summed E-state index contributed by atoms with van der Waals surface area (Å²) < 4.78 is 8.08. The normalized spacial score (nSPS) is 10.8. The number of ether oxygens (including phenoxy) is 1. The molecule has 1 aromatic heterocycles. The Morgan fingerprint density at radius 3 is 2.65 bits per heavy atom. The second-order valence-corrected chi connectivity index (χ2v) is 6.68. The Balaban J connectivity index is 1.43. The second-order valence-electron chi connectivity index (χ2n) is 4.31. The van der Waals surface area contributed by atoms with Gasteiger partial charge < -0.3 is 4.74 Å². The standard InChI is InChI=1S/C16H15NOS2/c1-2-7-13(8-3-1)18-11-6-12-19-16-17-14-9-4-5-10-15(14)20-16/h1-5,7-10H,6,11-12H2. The number of thioether (sulfide) groups is 1. The Kier molecular flexibility index (Phi) is 4.56. The van der Waals surface area contributed by atoms with E-state index in [1.165, 1.54) is 4.70 Å². The predicted molar refractivity (Wildman–Crippen MR) is 86.9 cm³/mol. The first-order chi connectivity index (χ1) is 9.92. The van der Waals surface area contributed by atoms with Crippen molar-refractivity contribution in [3.05, 3.63) is 54.6 Å². The molecular weight excluding hydrogens is 286 g/mol. The van der Waals surface area contributed by atoms with E-state index >= 15 is 0 Å². The van der Waals surface area contributed by atoms with Gasteiger partial charge in [-0.05, 0) is 30.7 Å². The van der Waals surface area contributed by atoms with Gasteiger partial charge in [-0.1, -0.05) is 42.1 Å². The fourth-order valence-electron chi connectivity index (χ4n) is 1.84. The van der Waals surface area contributed by atoms with Crippen LogP contribution in [0.2, 0.25) is 0 Å². The molecule has 0 saturated heterocycles. The van der Waals surface area contributed by atoms with Crippen molar-refractivity contribution in [2.45, 2.75) is 10.8 Å². The SMILES string of the molecule is c1ccc(OCCCSc2nc3ccccc3s2)cc1. The van der Waals surface area contributed by atoms with E-state index in [-0.39, 0.29) is 0 Å². The van der Waals surface area contributed by atoms with Crippen LogP contribution in [0.25, 0.3) is 10.2 Å². The minimum absolute atomic E-state index is 0.752. The molecule has 0 unspecified atom stereocenters. The molecule has 0 amide bonds. The van der Waals surface area contributed by atoms with Crippen LogP contribution in [0.5, 0.6) is 5.75 Å². The summed E-state index contributed by atoms with van der Waals surface area (Å²) in [5.74, 6) is 1.98. The molecule has 20 heavy (non-hydrogen) atoms. The van der Waals surface area contributed by atoms with Gasteiger partial charge in [-0.2, -0.15) is 0 Å². The lowest BCUT2D eigenvalue weighted by molar-refractivity contribution is 0.319. The van der Waals surface area contributed by atoms with Crippen LogP contribution in [0.4, 0.5) is 0 Å². The number of fused-ring (bicyclic) bond motifs is 1. The highest BCUT2D eigenvalue weighted by atomic mass is 32.2. The maximum Gasteiger partial charge on any atom is 0.151 e. The maximum absolute atomic E-state index is 5.67. The fraction of sp³-hybridized carbons (Fsp3) is 0.188. The lowest BCUT2D eigenvalue weighted by Gasteiger charge is -2.04. The van der Waals surface area contributed by atoms with Gasteiger partial charge in [0.15, 0.2) is 4.34 Å². The van der Waals surface area contributed by atoms with E-state index in [2.05, 4.69) is 23.2 Å². The summed E-state index contributed by atoms with van der Waals surface area (Å²) >= 11 is 3.57. The molecule has 3 rings (SSSR count). The summed E-state index contributed by atoms with van der Waals surface area (Å²) in [5, 5.41) is 0. The largest absolute Gasteiger partial charge is 0.494 e. The number of rotatable bonds is 6. The molecule has 102 valence electrons. The summed E-state index contributed by atoms with van der Waals surface area (Å²) in [4.78, 5) is 4.61. The van der Waals surface area contributed by atoms with Gasteiger partial charge in [0, 0.05) is 5.75 Å².